The first-order chi connectivity index (χ1) is 10.6. The number of ether oxygens (including phenoxy) is 1. The zero-order valence-corrected chi connectivity index (χ0v) is 14.4. The Kier molecular flexibility index (Phi) is 5.94. The number of carbonyl (C=O) groups is 1. The van der Waals surface area contributed by atoms with Crippen LogP contribution in [0.25, 0.3) is 0 Å². The molecule has 0 N–H and O–H groups in total. The van der Waals surface area contributed by atoms with Crippen LogP contribution in [-0.2, 0) is 4.74 Å². The van der Waals surface area contributed by atoms with Gasteiger partial charge in [-0.25, -0.2) is 4.98 Å². The molecule has 0 radical (unpaired) electrons. The highest BCUT2D eigenvalue weighted by molar-refractivity contribution is 7.13. The molecule has 1 aromatic heterocycles. The van der Waals surface area contributed by atoms with Crippen LogP contribution in [0.15, 0.2) is 30.5 Å². The average molecular weight is 339 g/mol. The largest absolute Gasteiger partial charge is 0.372 e. The van der Waals surface area contributed by atoms with Crippen molar-refractivity contribution in [2.24, 2.45) is 0 Å². The SMILES string of the molecule is CCO[C@H](C)c1ncc(C(=O)N(CC)c2ccccc2Cl)s1. The molecule has 4 nitrogen and oxygen atoms in total. The molecule has 6 heteroatoms. The van der Waals surface area contributed by atoms with E-state index in [2.05, 4.69) is 4.98 Å². The van der Waals surface area contributed by atoms with Gasteiger partial charge in [-0.2, -0.15) is 0 Å². The van der Waals surface area contributed by atoms with Crippen LogP contribution in [0, 0.1) is 0 Å². The number of anilines is 1. The van der Waals surface area contributed by atoms with Crippen molar-refractivity contribution in [2.75, 3.05) is 18.1 Å². The van der Waals surface area contributed by atoms with Crippen molar-refractivity contribution in [1.82, 2.24) is 4.98 Å². The van der Waals surface area contributed by atoms with Gasteiger partial charge < -0.3 is 9.64 Å². The normalized spacial score (nSPS) is 12.2. The van der Waals surface area contributed by atoms with Crippen molar-refractivity contribution in [3.8, 4) is 0 Å². The van der Waals surface area contributed by atoms with E-state index in [1.165, 1.54) is 11.3 Å². The highest BCUT2D eigenvalue weighted by Gasteiger charge is 2.21. The third kappa shape index (κ3) is 3.66. The minimum Gasteiger partial charge on any atom is -0.372 e. The first-order valence-corrected chi connectivity index (χ1v) is 8.41. The van der Waals surface area contributed by atoms with Crippen molar-refractivity contribution in [2.45, 2.75) is 26.9 Å². The molecular formula is C16H19ClN2O2S. The first-order valence-electron chi connectivity index (χ1n) is 7.22. The van der Waals surface area contributed by atoms with Crippen LogP contribution >= 0.6 is 22.9 Å². The fraction of sp³-hybridized carbons (Fsp3) is 0.375. The molecule has 0 aliphatic carbocycles. The molecule has 0 unspecified atom stereocenters. The number of halogens is 1. The molecule has 2 rings (SSSR count). The van der Waals surface area contributed by atoms with Gasteiger partial charge in [-0.15, -0.1) is 11.3 Å². The van der Waals surface area contributed by atoms with Gasteiger partial charge in [0, 0.05) is 13.2 Å². The third-order valence-corrected chi connectivity index (χ3v) is 4.67. The van der Waals surface area contributed by atoms with Gasteiger partial charge in [-0.05, 0) is 32.9 Å². The number of hydrogen-bond donors (Lipinski definition) is 0. The Hall–Kier alpha value is -1.43. The number of aromatic nitrogens is 1. The van der Waals surface area contributed by atoms with E-state index in [9.17, 15) is 4.79 Å². The number of nitrogens with zero attached hydrogens (tertiary/aromatic N) is 2. The van der Waals surface area contributed by atoms with Gasteiger partial charge in [0.15, 0.2) is 0 Å². The second-order valence-electron chi connectivity index (χ2n) is 4.66. The Balaban J connectivity index is 2.24. The van der Waals surface area contributed by atoms with Crippen LogP contribution in [0.3, 0.4) is 0 Å². The highest BCUT2D eigenvalue weighted by Crippen LogP contribution is 2.29. The van der Waals surface area contributed by atoms with E-state index in [-0.39, 0.29) is 12.0 Å². The summed E-state index contributed by atoms with van der Waals surface area (Å²) < 4.78 is 5.51. The summed E-state index contributed by atoms with van der Waals surface area (Å²) in [5, 5.41) is 1.37. The van der Waals surface area contributed by atoms with Crippen molar-refractivity contribution >= 4 is 34.5 Å². The second-order valence-corrected chi connectivity index (χ2v) is 6.13. The topological polar surface area (TPSA) is 42.4 Å². The van der Waals surface area contributed by atoms with Gasteiger partial charge in [0.1, 0.15) is 16.0 Å². The van der Waals surface area contributed by atoms with Crippen LogP contribution in [0.1, 0.15) is 41.6 Å². The molecule has 2 aromatic rings. The molecule has 0 saturated heterocycles. The maximum absolute atomic E-state index is 12.7. The molecule has 0 fully saturated rings. The molecule has 118 valence electrons. The Bertz CT molecular complexity index is 645. The van der Waals surface area contributed by atoms with Gasteiger partial charge in [0.25, 0.3) is 5.91 Å². The standard InChI is InChI=1S/C16H19ClN2O2S/c1-4-19(13-9-7-6-8-12(13)17)16(20)14-10-18-15(22-14)11(3)21-5-2/h6-11H,4-5H2,1-3H3/t11-/m1/s1. The van der Waals surface area contributed by atoms with E-state index in [0.29, 0.717) is 28.7 Å². The summed E-state index contributed by atoms with van der Waals surface area (Å²) in [5.41, 5.74) is 0.712. The maximum atomic E-state index is 12.7. The number of hydrogen-bond acceptors (Lipinski definition) is 4. The molecule has 1 amide bonds. The van der Waals surface area contributed by atoms with Crippen molar-refractivity contribution in [3.63, 3.8) is 0 Å². The van der Waals surface area contributed by atoms with E-state index in [1.54, 1.807) is 17.2 Å². The van der Waals surface area contributed by atoms with Gasteiger partial charge in [0.05, 0.1) is 16.9 Å². The lowest BCUT2D eigenvalue weighted by Crippen LogP contribution is -2.30. The number of thiazole rings is 1. The summed E-state index contributed by atoms with van der Waals surface area (Å²) in [4.78, 5) is 19.3. The van der Waals surface area contributed by atoms with Crippen molar-refractivity contribution in [3.05, 3.63) is 45.4 Å². The fourth-order valence-electron chi connectivity index (χ4n) is 2.12. The molecule has 0 aliphatic heterocycles. The number of rotatable bonds is 6. The molecule has 1 heterocycles. The van der Waals surface area contributed by atoms with Crippen molar-refractivity contribution < 1.29 is 9.53 Å². The maximum Gasteiger partial charge on any atom is 0.270 e. The lowest BCUT2D eigenvalue weighted by atomic mass is 10.2. The Morgan fingerprint density at radius 1 is 1.41 bits per heavy atom. The lowest BCUT2D eigenvalue weighted by molar-refractivity contribution is 0.0762. The zero-order chi connectivity index (χ0) is 16.1. The van der Waals surface area contributed by atoms with Gasteiger partial charge >= 0.3 is 0 Å². The van der Waals surface area contributed by atoms with E-state index < -0.39 is 0 Å². The first kappa shape index (κ1) is 16.9. The second kappa shape index (κ2) is 7.72. The van der Waals surface area contributed by atoms with Crippen LogP contribution in [0.2, 0.25) is 5.02 Å². The van der Waals surface area contributed by atoms with Crippen LogP contribution in [0.5, 0.6) is 0 Å². The van der Waals surface area contributed by atoms with E-state index in [1.807, 2.05) is 39.0 Å². The molecule has 22 heavy (non-hydrogen) atoms. The Labute approximate surface area is 139 Å². The predicted octanol–water partition coefficient (Wildman–Crippen LogP) is 4.56. The third-order valence-electron chi connectivity index (χ3n) is 3.20. The lowest BCUT2D eigenvalue weighted by Gasteiger charge is -2.21. The van der Waals surface area contributed by atoms with Gasteiger partial charge in [-0.3, -0.25) is 4.79 Å². The van der Waals surface area contributed by atoms with Gasteiger partial charge in [0.2, 0.25) is 0 Å². The van der Waals surface area contributed by atoms with Crippen LogP contribution in [-0.4, -0.2) is 24.0 Å². The van der Waals surface area contributed by atoms with E-state index >= 15 is 0 Å². The predicted molar refractivity (Wildman–Crippen MR) is 91.0 cm³/mol. The fourth-order valence-corrected chi connectivity index (χ4v) is 3.23. The van der Waals surface area contributed by atoms with Crippen LogP contribution in [0.4, 0.5) is 5.69 Å². The number of para-hydroxylation sites is 1. The summed E-state index contributed by atoms with van der Waals surface area (Å²) in [6.45, 7) is 6.95. The summed E-state index contributed by atoms with van der Waals surface area (Å²) >= 11 is 7.56. The summed E-state index contributed by atoms with van der Waals surface area (Å²) in [6.07, 6.45) is 1.50. The smallest absolute Gasteiger partial charge is 0.270 e. The molecule has 0 aliphatic rings. The van der Waals surface area contributed by atoms with Gasteiger partial charge in [-0.1, -0.05) is 23.7 Å². The number of benzene rings is 1. The van der Waals surface area contributed by atoms with Crippen molar-refractivity contribution in [1.29, 1.82) is 0 Å². The minimum absolute atomic E-state index is 0.0944. The van der Waals surface area contributed by atoms with E-state index in [0.717, 1.165) is 5.01 Å². The summed E-state index contributed by atoms with van der Waals surface area (Å²) in [5.74, 6) is -0.0944. The summed E-state index contributed by atoms with van der Waals surface area (Å²) in [7, 11) is 0. The number of carbonyl (C=O) groups excluding carboxylic acids is 1. The molecule has 0 spiro atoms. The monoisotopic (exact) mass is 338 g/mol. The molecule has 1 atom stereocenters. The average Bonchev–Trinajstić information content (AvgIpc) is 3.00. The summed E-state index contributed by atoms with van der Waals surface area (Å²) in [6, 6.07) is 7.34. The molecule has 0 saturated carbocycles. The molecule has 0 bridgehead atoms. The van der Waals surface area contributed by atoms with Crippen LogP contribution < -0.4 is 4.90 Å². The minimum atomic E-state index is -0.105. The number of amides is 1. The molecule has 1 aromatic carbocycles. The Morgan fingerprint density at radius 2 is 2.14 bits per heavy atom. The van der Waals surface area contributed by atoms with E-state index in [4.69, 9.17) is 16.3 Å². The molecular weight excluding hydrogens is 320 g/mol. The Morgan fingerprint density at radius 3 is 2.77 bits per heavy atom. The highest BCUT2D eigenvalue weighted by atomic mass is 35.5. The zero-order valence-electron chi connectivity index (χ0n) is 12.9. The quantitative estimate of drug-likeness (QED) is 0.775.